The molecule has 1 fully saturated rings. The molecule has 0 saturated carbocycles. The molecule has 1 aromatic carbocycles. The van der Waals surface area contributed by atoms with E-state index in [9.17, 15) is 0 Å². The molecule has 1 aliphatic heterocycles. The molecule has 2 aromatic rings. The monoisotopic (exact) mass is 298 g/mol. The zero-order valence-corrected chi connectivity index (χ0v) is 12.9. The summed E-state index contributed by atoms with van der Waals surface area (Å²) in [6, 6.07) is 12.5. The number of para-hydroxylation sites is 1. The molecule has 1 atom stereocenters. The normalized spacial score (nSPS) is 18.3. The van der Waals surface area contributed by atoms with Gasteiger partial charge in [-0.2, -0.15) is 0 Å². The molecule has 22 heavy (non-hydrogen) atoms. The van der Waals surface area contributed by atoms with Crippen molar-refractivity contribution in [2.75, 3.05) is 38.2 Å². The fourth-order valence-corrected chi connectivity index (χ4v) is 2.82. The lowest BCUT2D eigenvalue weighted by atomic mass is 10.2. The summed E-state index contributed by atoms with van der Waals surface area (Å²) in [5.41, 5.74) is 0. The molecular weight excluding hydrogens is 276 g/mol. The molecule has 1 unspecified atom stereocenters. The van der Waals surface area contributed by atoms with Crippen LogP contribution in [0.2, 0.25) is 0 Å². The number of ether oxygens (including phenoxy) is 1. The molecule has 0 spiro atoms. The predicted molar refractivity (Wildman–Crippen MR) is 87.2 cm³/mol. The van der Waals surface area contributed by atoms with E-state index in [0.29, 0.717) is 6.04 Å². The van der Waals surface area contributed by atoms with Gasteiger partial charge in [-0.25, -0.2) is 9.97 Å². The minimum atomic E-state index is 0.506. The maximum Gasteiger partial charge on any atom is 0.131 e. The average Bonchev–Trinajstić information content (AvgIpc) is 3.05. The van der Waals surface area contributed by atoms with Gasteiger partial charge in [-0.05, 0) is 24.6 Å². The quantitative estimate of drug-likeness (QED) is 0.816. The van der Waals surface area contributed by atoms with Gasteiger partial charge in [0, 0.05) is 38.9 Å². The van der Waals surface area contributed by atoms with Crippen LogP contribution in [0.25, 0.3) is 0 Å². The number of nitrogens with zero attached hydrogens (tertiary/aromatic N) is 4. The van der Waals surface area contributed by atoms with Crippen LogP contribution in [-0.2, 0) is 0 Å². The Morgan fingerprint density at radius 2 is 2.14 bits per heavy atom. The number of aromatic nitrogens is 2. The van der Waals surface area contributed by atoms with Crippen molar-refractivity contribution in [1.82, 2.24) is 14.9 Å². The van der Waals surface area contributed by atoms with Crippen molar-refractivity contribution >= 4 is 5.82 Å². The Balaban J connectivity index is 1.44. The van der Waals surface area contributed by atoms with Crippen LogP contribution >= 0.6 is 0 Å². The summed E-state index contributed by atoms with van der Waals surface area (Å²) in [4.78, 5) is 13.0. The van der Waals surface area contributed by atoms with Gasteiger partial charge in [-0.15, -0.1) is 0 Å². The molecule has 0 amide bonds. The van der Waals surface area contributed by atoms with Crippen LogP contribution in [0.15, 0.2) is 48.9 Å². The highest BCUT2D eigenvalue weighted by atomic mass is 16.5. The minimum absolute atomic E-state index is 0.506. The second-order valence-corrected chi connectivity index (χ2v) is 5.58. The maximum atomic E-state index is 5.77. The van der Waals surface area contributed by atoms with Crippen LogP contribution in [-0.4, -0.2) is 54.2 Å². The molecule has 0 radical (unpaired) electrons. The zero-order valence-electron chi connectivity index (χ0n) is 12.9. The van der Waals surface area contributed by atoms with E-state index in [4.69, 9.17) is 4.74 Å². The van der Waals surface area contributed by atoms with Crippen molar-refractivity contribution in [2.24, 2.45) is 0 Å². The third-order valence-corrected chi connectivity index (χ3v) is 4.14. The van der Waals surface area contributed by atoms with Gasteiger partial charge in [0.1, 0.15) is 24.5 Å². The molecule has 3 rings (SSSR count). The molecule has 5 heteroatoms. The molecular formula is C17H22N4O. The Labute approximate surface area is 131 Å². The lowest BCUT2D eigenvalue weighted by Crippen LogP contribution is -2.36. The molecule has 0 N–H and O–H groups in total. The number of benzene rings is 1. The summed E-state index contributed by atoms with van der Waals surface area (Å²) >= 11 is 0. The lowest BCUT2D eigenvalue weighted by molar-refractivity contribution is 0.236. The molecule has 0 bridgehead atoms. The second-order valence-electron chi connectivity index (χ2n) is 5.58. The van der Waals surface area contributed by atoms with Crippen LogP contribution in [0.4, 0.5) is 5.82 Å². The molecule has 2 heterocycles. The highest BCUT2D eigenvalue weighted by molar-refractivity contribution is 5.37. The molecule has 116 valence electrons. The first-order valence-electron chi connectivity index (χ1n) is 7.72. The van der Waals surface area contributed by atoms with Gasteiger partial charge in [0.05, 0.1) is 0 Å². The van der Waals surface area contributed by atoms with Crippen LogP contribution in [0.1, 0.15) is 6.42 Å². The van der Waals surface area contributed by atoms with Crippen LogP contribution in [0.3, 0.4) is 0 Å². The van der Waals surface area contributed by atoms with Gasteiger partial charge in [-0.3, -0.25) is 4.90 Å². The zero-order chi connectivity index (χ0) is 15.2. The molecule has 5 nitrogen and oxygen atoms in total. The standard InChI is InChI=1S/C17H22N4O/c1-20(17-7-9-18-14-19-17)15-8-10-21(13-15)11-12-22-16-5-3-2-4-6-16/h2-7,9,14-15H,8,10-13H2,1H3. The van der Waals surface area contributed by atoms with E-state index in [1.165, 1.54) is 0 Å². The first-order valence-corrected chi connectivity index (χ1v) is 7.72. The van der Waals surface area contributed by atoms with Crippen LogP contribution in [0, 0.1) is 0 Å². The SMILES string of the molecule is CN(c1ccncn1)C1CCN(CCOc2ccccc2)C1. The first-order chi connectivity index (χ1) is 10.8. The van der Waals surface area contributed by atoms with Gasteiger partial charge < -0.3 is 9.64 Å². The van der Waals surface area contributed by atoms with Crippen molar-refractivity contribution < 1.29 is 4.74 Å². The number of hydrogen-bond acceptors (Lipinski definition) is 5. The largest absolute Gasteiger partial charge is 0.492 e. The van der Waals surface area contributed by atoms with E-state index >= 15 is 0 Å². The molecule has 1 aliphatic rings. The Morgan fingerprint density at radius 1 is 1.27 bits per heavy atom. The van der Waals surface area contributed by atoms with Gasteiger partial charge in [0.2, 0.25) is 0 Å². The Morgan fingerprint density at radius 3 is 2.91 bits per heavy atom. The first kappa shape index (κ1) is 14.8. The third-order valence-electron chi connectivity index (χ3n) is 4.14. The van der Waals surface area contributed by atoms with Gasteiger partial charge >= 0.3 is 0 Å². The topological polar surface area (TPSA) is 41.5 Å². The van der Waals surface area contributed by atoms with Gasteiger partial charge in [-0.1, -0.05) is 18.2 Å². The number of hydrogen-bond donors (Lipinski definition) is 0. The number of likely N-dealkylation sites (tertiary alicyclic amines) is 1. The Bertz CT molecular complexity index is 563. The van der Waals surface area contributed by atoms with Crippen molar-refractivity contribution in [2.45, 2.75) is 12.5 Å². The van der Waals surface area contributed by atoms with Crippen molar-refractivity contribution in [3.05, 3.63) is 48.9 Å². The summed E-state index contributed by atoms with van der Waals surface area (Å²) in [6.45, 7) is 3.86. The fraction of sp³-hybridized carbons (Fsp3) is 0.412. The number of anilines is 1. The average molecular weight is 298 g/mol. The summed E-state index contributed by atoms with van der Waals surface area (Å²) in [7, 11) is 2.11. The van der Waals surface area contributed by atoms with Gasteiger partial charge in [0.15, 0.2) is 0 Å². The highest BCUT2D eigenvalue weighted by Gasteiger charge is 2.26. The van der Waals surface area contributed by atoms with Crippen LogP contribution in [0.5, 0.6) is 5.75 Å². The number of rotatable bonds is 6. The van der Waals surface area contributed by atoms with Gasteiger partial charge in [0.25, 0.3) is 0 Å². The van der Waals surface area contributed by atoms with Crippen LogP contribution < -0.4 is 9.64 Å². The van der Waals surface area contributed by atoms with Crippen molar-refractivity contribution in [3.8, 4) is 5.75 Å². The van der Waals surface area contributed by atoms with E-state index in [0.717, 1.165) is 44.2 Å². The molecule has 1 aromatic heterocycles. The molecule has 1 saturated heterocycles. The van der Waals surface area contributed by atoms with E-state index in [1.807, 2.05) is 36.4 Å². The smallest absolute Gasteiger partial charge is 0.131 e. The highest BCUT2D eigenvalue weighted by Crippen LogP contribution is 2.19. The maximum absolute atomic E-state index is 5.77. The fourth-order valence-electron chi connectivity index (χ4n) is 2.82. The lowest BCUT2D eigenvalue weighted by Gasteiger charge is -2.25. The van der Waals surface area contributed by atoms with E-state index < -0.39 is 0 Å². The summed E-state index contributed by atoms with van der Waals surface area (Å²) in [5, 5.41) is 0. The third kappa shape index (κ3) is 3.74. The molecule has 0 aliphatic carbocycles. The minimum Gasteiger partial charge on any atom is -0.492 e. The van der Waals surface area contributed by atoms with Crippen molar-refractivity contribution in [3.63, 3.8) is 0 Å². The summed E-state index contributed by atoms with van der Waals surface area (Å²) in [5.74, 6) is 1.93. The Kier molecular flexibility index (Phi) is 4.85. The van der Waals surface area contributed by atoms with E-state index in [-0.39, 0.29) is 0 Å². The second kappa shape index (κ2) is 7.22. The predicted octanol–water partition coefficient (Wildman–Crippen LogP) is 2.07. The summed E-state index contributed by atoms with van der Waals surface area (Å²) < 4.78 is 5.77. The van der Waals surface area contributed by atoms with Crippen molar-refractivity contribution in [1.29, 1.82) is 0 Å². The number of likely N-dealkylation sites (N-methyl/N-ethyl adjacent to an activating group) is 1. The Hall–Kier alpha value is -2.14. The summed E-state index contributed by atoms with van der Waals surface area (Å²) in [6.07, 6.45) is 4.55. The van der Waals surface area contributed by atoms with E-state index in [1.54, 1.807) is 12.5 Å². The van der Waals surface area contributed by atoms with E-state index in [2.05, 4.69) is 26.8 Å².